The number of nitrogens with two attached hydrogens (primary N) is 2. The summed E-state index contributed by atoms with van der Waals surface area (Å²) >= 11 is 0. The van der Waals surface area contributed by atoms with Crippen LogP contribution in [0, 0.1) is 5.41 Å². The number of carbonyl (C=O) groups excluding carboxylic acids is 1. The molecule has 0 heterocycles. The van der Waals surface area contributed by atoms with Crippen LogP contribution in [0.4, 0.5) is 11.4 Å². The predicted molar refractivity (Wildman–Crippen MR) is 68.9 cm³/mol. The molecule has 1 amide bonds. The van der Waals surface area contributed by atoms with E-state index in [0.29, 0.717) is 18.0 Å². The van der Waals surface area contributed by atoms with Crippen molar-refractivity contribution in [2.24, 2.45) is 11.1 Å². The van der Waals surface area contributed by atoms with Crippen LogP contribution < -0.4 is 21.5 Å². The third kappa shape index (κ3) is 3.55. The minimum Gasteiger partial charge on any atom is -0.497 e. The van der Waals surface area contributed by atoms with Gasteiger partial charge in [-0.1, -0.05) is 0 Å². The first-order valence-electron chi connectivity index (χ1n) is 5.33. The van der Waals surface area contributed by atoms with E-state index in [0.717, 1.165) is 5.69 Å². The number of amides is 1. The van der Waals surface area contributed by atoms with Crippen molar-refractivity contribution >= 4 is 17.3 Å². The van der Waals surface area contributed by atoms with Crippen molar-refractivity contribution in [3.63, 3.8) is 0 Å². The van der Waals surface area contributed by atoms with Gasteiger partial charge in [-0.3, -0.25) is 4.79 Å². The molecule has 0 saturated heterocycles. The number of nitrogens with one attached hydrogen (secondary N) is 1. The Kier molecular flexibility index (Phi) is 3.83. The van der Waals surface area contributed by atoms with Crippen LogP contribution in [-0.4, -0.2) is 19.6 Å². The van der Waals surface area contributed by atoms with Crippen LogP contribution in [0.5, 0.6) is 5.75 Å². The van der Waals surface area contributed by atoms with Crippen molar-refractivity contribution in [1.82, 2.24) is 0 Å². The van der Waals surface area contributed by atoms with Gasteiger partial charge in [-0.05, 0) is 19.9 Å². The molecule has 5 N–H and O–H groups in total. The summed E-state index contributed by atoms with van der Waals surface area (Å²) in [6.07, 6.45) is 0. The number of hydrogen-bond donors (Lipinski definition) is 3. The number of nitrogen functional groups attached to an aromatic ring is 1. The highest BCUT2D eigenvalue weighted by Gasteiger charge is 2.24. The molecule has 0 spiro atoms. The lowest BCUT2D eigenvalue weighted by atomic mass is 9.92. The first-order valence-corrected chi connectivity index (χ1v) is 5.33. The molecule has 1 rings (SSSR count). The number of benzene rings is 1. The monoisotopic (exact) mass is 237 g/mol. The van der Waals surface area contributed by atoms with E-state index in [1.54, 1.807) is 33.1 Å². The number of carbonyl (C=O) groups is 1. The summed E-state index contributed by atoms with van der Waals surface area (Å²) in [7, 11) is 1.58. The number of primary amides is 1. The van der Waals surface area contributed by atoms with Crippen LogP contribution in [0.15, 0.2) is 18.2 Å². The van der Waals surface area contributed by atoms with Crippen molar-refractivity contribution < 1.29 is 9.53 Å². The fourth-order valence-corrected chi connectivity index (χ4v) is 1.25. The Balaban J connectivity index is 2.76. The fourth-order valence-electron chi connectivity index (χ4n) is 1.25. The van der Waals surface area contributed by atoms with Crippen LogP contribution >= 0.6 is 0 Å². The van der Waals surface area contributed by atoms with E-state index < -0.39 is 5.41 Å². The smallest absolute Gasteiger partial charge is 0.224 e. The number of rotatable bonds is 5. The topological polar surface area (TPSA) is 90.4 Å². The van der Waals surface area contributed by atoms with E-state index in [2.05, 4.69) is 5.32 Å². The molecule has 0 atom stereocenters. The van der Waals surface area contributed by atoms with Crippen molar-refractivity contribution in [2.75, 3.05) is 24.7 Å². The molecule has 0 aliphatic carbocycles. The molecule has 1 aromatic carbocycles. The van der Waals surface area contributed by atoms with Gasteiger partial charge in [0.2, 0.25) is 5.91 Å². The number of hydrogen-bond acceptors (Lipinski definition) is 4. The van der Waals surface area contributed by atoms with Gasteiger partial charge in [-0.2, -0.15) is 0 Å². The second kappa shape index (κ2) is 4.95. The molecule has 17 heavy (non-hydrogen) atoms. The standard InChI is InChI=1S/C12H19N3O2/c1-12(2,11(14)16)7-15-9-4-8(13)5-10(6-9)17-3/h4-6,15H,7,13H2,1-3H3,(H2,14,16). The summed E-state index contributed by atoms with van der Waals surface area (Å²) in [5, 5.41) is 3.12. The number of ether oxygens (including phenoxy) is 1. The zero-order valence-corrected chi connectivity index (χ0v) is 10.4. The molecule has 0 aromatic heterocycles. The maximum Gasteiger partial charge on any atom is 0.224 e. The lowest BCUT2D eigenvalue weighted by molar-refractivity contribution is -0.125. The average Bonchev–Trinajstić information content (AvgIpc) is 2.25. The van der Waals surface area contributed by atoms with Crippen LogP contribution in [0.1, 0.15) is 13.8 Å². The largest absolute Gasteiger partial charge is 0.497 e. The second-order valence-electron chi connectivity index (χ2n) is 4.60. The Hall–Kier alpha value is -1.91. The van der Waals surface area contributed by atoms with E-state index in [-0.39, 0.29) is 5.91 Å². The van der Waals surface area contributed by atoms with Gasteiger partial charge in [0.25, 0.3) is 0 Å². The molecule has 0 saturated carbocycles. The molecule has 94 valence electrons. The zero-order valence-electron chi connectivity index (χ0n) is 10.4. The lowest BCUT2D eigenvalue weighted by Gasteiger charge is -2.21. The van der Waals surface area contributed by atoms with Crippen molar-refractivity contribution in [1.29, 1.82) is 0 Å². The third-order valence-corrected chi connectivity index (χ3v) is 2.57. The molecule has 5 heteroatoms. The van der Waals surface area contributed by atoms with E-state index in [9.17, 15) is 4.79 Å². The van der Waals surface area contributed by atoms with Crippen molar-refractivity contribution in [3.8, 4) is 5.75 Å². The highest BCUT2D eigenvalue weighted by molar-refractivity contribution is 5.80. The van der Waals surface area contributed by atoms with Crippen molar-refractivity contribution in [2.45, 2.75) is 13.8 Å². The molecule has 1 aromatic rings. The quantitative estimate of drug-likeness (QED) is 0.671. The molecule has 0 aliphatic rings. The number of anilines is 2. The maximum absolute atomic E-state index is 11.2. The van der Waals surface area contributed by atoms with E-state index in [1.165, 1.54) is 0 Å². The van der Waals surface area contributed by atoms with Crippen LogP contribution in [-0.2, 0) is 4.79 Å². The number of methoxy groups -OCH3 is 1. The molecule has 0 bridgehead atoms. The van der Waals surface area contributed by atoms with Crippen molar-refractivity contribution in [3.05, 3.63) is 18.2 Å². The third-order valence-electron chi connectivity index (χ3n) is 2.57. The second-order valence-corrected chi connectivity index (χ2v) is 4.60. The van der Waals surface area contributed by atoms with Gasteiger partial charge in [0, 0.05) is 30.1 Å². The summed E-state index contributed by atoms with van der Waals surface area (Å²) in [6, 6.07) is 5.32. The summed E-state index contributed by atoms with van der Waals surface area (Å²) in [6.45, 7) is 4.01. The van der Waals surface area contributed by atoms with Gasteiger partial charge < -0.3 is 21.5 Å². The van der Waals surface area contributed by atoms with E-state index in [4.69, 9.17) is 16.2 Å². The Morgan fingerprint density at radius 2 is 2.06 bits per heavy atom. The zero-order chi connectivity index (χ0) is 13.1. The van der Waals surface area contributed by atoms with Gasteiger partial charge in [0.05, 0.1) is 12.5 Å². The summed E-state index contributed by atoms with van der Waals surface area (Å²) < 4.78 is 5.10. The molecule has 0 fully saturated rings. The van der Waals surface area contributed by atoms with Gasteiger partial charge in [0.15, 0.2) is 0 Å². The van der Waals surface area contributed by atoms with E-state index >= 15 is 0 Å². The summed E-state index contributed by atoms with van der Waals surface area (Å²) in [4.78, 5) is 11.2. The Morgan fingerprint density at radius 1 is 1.41 bits per heavy atom. The molecule has 0 unspecified atom stereocenters. The summed E-state index contributed by atoms with van der Waals surface area (Å²) in [5.74, 6) is 0.324. The van der Waals surface area contributed by atoms with Gasteiger partial charge in [-0.15, -0.1) is 0 Å². The normalized spacial score (nSPS) is 11.0. The van der Waals surface area contributed by atoms with Gasteiger partial charge >= 0.3 is 0 Å². The molecule has 0 radical (unpaired) electrons. The predicted octanol–water partition coefficient (Wildman–Crippen LogP) is 1.20. The van der Waals surface area contributed by atoms with Gasteiger partial charge in [0.1, 0.15) is 5.75 Å². The minimum absolute atomic E-state index is 0.346. The SMILES string of the molecule is COc1cc(N)cc(NCC(C)(C)C(N)=O)c1. The molecule has 0 aliphatic heterocycles. The first kappa shape index (κ1) is 13.2. The molecular formula is C12H19N3O2. The Morgan fingerprint density at radius 3 is 2.59 bits per heavy atom. The molecular weight excluding hydrogens is 218 g/mol. The highest BCUT2D eigenvalue weighted by Crippen LogP contribution is 2.23. The van der Waals surface area contributed by atoms with Crippen LogP contribution in [0.2, 0.25) is 0 Å². The van der Waals surface area contributed by atoms with E-state index in [1.807, 2.05) is 6.07 Å². The lowest BCUT2D eigenvalue weighted by Crippen LogP contribution is -2.37. The fraction of sp³-hybridized carbons (Fsp3) is 0.417. The highest BCUT2D eigenvalue weighted by atomic mass is 16.5. The average molecular weight is 237 g/mol. The Bertz CT molecular complexity index is 416. The Labute approximate surface area is 101 Å². The first-order chi connectivity index (χ1) is 7.85. The molecule has 5 nitrogen and oxygen atoms in total. The summed E-state index contributed by atoms with van der Waals surface area (Å²) in [5.41, 5.74) is 11.8. The van der Waals surface area contributed by atoms with Crippen LogP contribution in [0.3, 0.4) is 0 Å². The van der Waals surface area contributed by atoms with Gasteiger partial charge in [-0.25, -0.2) is 0 Å². The minimum atomic E-state index is -0.613. The van der Waals surface area contributed by atoms with Crippen LogP contribution in [0.25, 0.3) is 0 Å². The maximum atomic E-state index is 11.2.